The number of ketones is 1. The van der Waals surface area contributed by atoms with Crippen molar-refractivity contribution < 1.29 is 14.4 Å². The van der Waals surface area contributed by atoms with Crippen LogP contribution in [0.4, 0.5) is 5.69 Å². The second-order valence-electron chi connectivity index (χ2n) is 6.62. The van der Waals surface area contributed by atoms with Crippen LogP contribution in [0.1, 0.15) is 33.5 Å². The van der Waals surface area contributed by atoms with Crippen molar-refractivity contribution in [1.29, 1.82) is 0 Å². The van der Waals surface area contributed by atoms with Gasteiger partial charge in [-0.3, -0.25) is 14.4 Å². The third-order valence-electron chi connectivity index (χ3n) is 4.30. The number of carbonyl (C=O) groups excluding carboxylic acids is 3. The van der Waals surface area contributed by atoms with E-state index in [2.05, 4.69) is 20.8 Å². The Bertz CT molecular complexity index is 1130. The Morgan fingerprint density at radius 2 is 1.81 bits per heavy atom. The molecule has 0 saturated heterocycles. The SMILES string of the molecule is CC(=O)c1cccc(NC(=O)CSc2nnc(CNC(=O)c3cccc(Cl)c3)n2C)c1. The molecule has 0 unspecified atom stereocenters. The molecule has 3 rings (SSSR count). The first kappa shape index (κ1) is 22.5. The molecule has 0 aliphatic rings. The third-order valence-corrected chi connectivity index (χ3v) is 5.56. The fourth-order valence-electron chi connectivity index (χ4n) is 2.66. The van der Waals surface area contributed by atoms with E-state index in [0.717, 1.165) is 0 Å². The van der Waals surface area contributed by atoms with Gasteiger partial charge in [0.2, 0.25) is 5.91 Å². The van der Waals surface area contributed by atoms with Crippen LogP contribution in [-0.2, 0) is 18.4 Å². The number of thioether (sulfide) groups is 1. The quantitative estimate of drug-likeness (QED) is 0.397. The van der Waals surface area contributed by atoms with Crippen molar-refractivity contribution in [3.63, 3.8) is 0 Å². The highest BCUT2D eigenvalue weighted by atomic mass is 35.5. The van der Waals surface area contributed by atoms with Gasteiger partial charge >= 0.3 is 0 Å². The standard InChI is InChI=1S/C21H20ClN5O3S/c1-13(28)14-5-4-8-17(10-14)24-19(29)12-31-21-26-25-18(27(21)2)11-23-20(30)15-6-3-7-16(22)9-15/h3-10H,11-12H2,1-2H3,(H,23,30)(H,24,29). The Hall–Kier alpha value is -3.17. The minimum Gasteiger partial charge on any atom is -0.345 e. The lowest BCUT2D eigenvalue weighted by Crippen LogP contribution is -2.24. The van der Waals surface area contributed by atoms with E-state index in [9.17, 15) is 14.4 Å². The molecule has 1 heterocycles. The van der Waals surface area contributed by atoms with Gasteiger partial charge < -0.3 is 15.2 Å². The van der Waals surface area contributed by atoms with E-state index < -0.39 is 0 Å². The van der Waals surface area contributed by atoms with E-state index in [1.807, 2.05) is 0 Å². The molecule has 2 amide bonds. The van der Waals surface area contributed by atoms with Crippen molar-refractivity contribution in [2.75, 3.05) is 11.1 Å². The van der Waals surface area contributed by atoms with Crippen molar-refractivity contribution in [2.24, 2.45) is 7.05 Å². The molecule has 3 aromatic rings. The summed E-state index contributed by atoms with van der Waals surface area (Å²) in [7, 11) is 1.76. The lowest BCUT2D eigenvalue weighted by molar-refractivity contribution is -0.113. The van der Waals surface area contributed by atoms with Gasteiger partial charge in [0.25, 0.3) is 5.91 Å². The second kappa shape index (κ2) is 10.2. The van der Waals surface area contributed by atoms with Gasteiger partial charge in [-0.05, 0) is 37.3 Å². The molecule has 8 nitrogen and oxygen atoms in total. The third kappa shape index (κ3) is 6.16. The second-order valence-corrected chi connectivity index (χ2v) is 8.00. The average molecular weight is 458 g/mol. The molecule has 0 bridgehead atoms. The minimum absolute atomic E-state index is 0.0699. The number of halogens is 1. The van der Waals surface area contributed by atoms with Crippen LogP contribution in [0.3, 0.4) is 0 Å². The smallest absolute Gasteiger partial charge is 0.251 e. The maximum absolute atomic E-state index is 12.2. The van der Waals surface area contributed by atoms with Gasteiger partial charge in [-0.25, -0.2) is 0 Å². The zero-order valence-electron chi connectivity index (χ0n) is 16.9. The predicted molar refractivity (Wildman–Crippen MR) is 119 cm³/mol. The molecular formula is C21H20ClN5O3S. The highest BCUT2D eigenvalue weighted by Crippen LogP contribution is 2.17. The normalized spacial score (nSPS) is 10.5. The zero-order valence-corrected chi connectivity index (χ0v) is 18.5. The van der Waals surface area contributed by atoms with Gasteiger partial charge in [0.05, 0.1) is 12.3 Å². The van der Waals surface area contributed by atoms with E-state index in [1.54, 1.807) is 60.1 Å². The Balaban J connectivity index is 1.53. The van der Waals surface area contributed by atoms with Gasteiger partial charge in [-0.15, -0.1) is 10.2 Å². The largest absolute Gasteiger partial charge is 0.345 e. The summed E-state index contributed by atoms with van der Waals surface area (Å²) in [5.41, 5.74) is 1.54. The molecular weight excluding hydrogens is 438 g/mol. The van der Waals surface area contributed by atoms with Crippen LogP contribution < -0.4 is 10.6 Å². The molecule has 0 aliphatic carbocycles. The number of anilines is 1. The van der Waals surface area contributed by atoms with Crippen LogP contribution >= 0.6 is 23.4 Å². The molecule has 2 aromatic carbocycles. The molecule has 2 N–H and O–H groups in total. The maximum atomic E-state index is 12.2. The van der Waals surface area contributed by atoms with Crippen LogP contribution in [0.2, 0.25) is 5.02 Å². The van der Waals surface area contributed by atoms with Crippen molar-refractivity contribution >= 4 is 46.6 Å². The van der Waals surface area contributed by atoms with E-state index in [4.69, 9.17) is 11.6 Å². The van der Waals surface area contributed by atoms with Gasteiger partial charge in [0.15, 0.2) is 16.8 Å². The van der Waals surface area contributed by atoms with Crippen LogP contribution in [0.5, 0.6) is 0 Å². The van der Waals surface area contributed by atoms with Crippen LogP contribution in [0.15, 0.2) is 53.7 Å². The summed E-state index contributed by atoms with van der Waals surface area (Å²) in [6.45, 7) is 1.65. The van der Waals surface area contributed by atoms with Gasteiger partial charge in [-0.2, -0.15) is 0 Å². The molecule has 0 spiro atoms. The Morgan fingerprint density at radius 3 is 2.55 bits per heavy atom. The molecule has 31 heavy (non-hydrogen) atoms. The summed E-state index contributed by atoms with van der Waals surface area (Å²) in [6, 6.07) is 13.4. The van der Waals surface area contributed by atoms with Crippen molar-refractivity contribution in [3.05, 3.63) is 70.5 Å². The van der Waals surface area contributed by atoms with E-state index in [1.165, 1.54) is 18.7 Å². The predicted octanol–water partition coefficient (Wildman–Crippen LogP) is 3.33. The number of nitrogens with zero attached hydrogens (tertiary/aromatic N) is 3. The fourth-order valence-corrected chi connectivity index (χ4v) is 3.58. The Labute approximate surface area is 188 Å². The van der Waals surface area contributed by atoms with Crippen LogP contribution in [-0.4, -0.2) is 38.1 Å². The molecule has 0 aliphatic heterocycles. The number of aromatic nitrogens is 3. The summed E-state index contributed by atoms with van der Waals surface area (Å²) < 4.78 is 1.71. The number of carbonyl (C=O) groups is 3. The number of hydrogen-bond donors (Lipinski definition) is 2. The summed E-state index contributed by atoms with van der Waals surface area (Å²) in [5.74, 6) is 0.0916. The zero-order chi connectivity index (χ0) is 22.4. The molecule has 0 fully saturated rings. The fraction of sp³-hybridized carbons (Fsp3) is 0.190. The number of benzene rings is 2. The highest BCUT2D eigenvalue weighted by Gasteiger charge is 2.13. The average Bonchev–Trinajstić information content (AvgIpc) is 3.10. The molecule has 0 atom stereocenters. The topological polar surface area (TPSA) is 106 Å². The van der Waals surface area contributed by atoms with E-state index in [-0.39, 0.29) is 29.9 Å². The highest BCUT2D eigenvalue weighted by molar-refractivity contribution is 7.99. The maximum Gasteiger partial charge on any atom is 0.251 e. The number of Topliss-reactive ketones (excluding diaryl/α,β-unsaturated/α-hetero) is 1. The lowest BCUT2D eigenvalue weighted by atomic mass is 10.1. The van der Waals surface area contributed by atoms with Crippen molar-refractivity contribution in [3.8, 4) is 0 Å². The Morgan fingerprint density at radius 1 is 1.06 bits per heavy atom. The minimum atomic E-state index is -0.271. The van der Waals surface area contributed by atoms with Crippen molar-refractivity contribution in [2.45, 2.75) is 18.6 Å². The Kier molecular flexibility index (Phi) is 7.43. The van der Waals surface area contributed by atoms with E-state index >= 15 is 0 Å². The first-order valence-electron chi connectivity index (χ1n) is 9.29. The molecule has 10 heteroatoms. The monoisotopic (exact) mass is 457 g/mol. The van der Waals surface area contributed by atoms with Crippen molar-refractivity contribution in [1.82, 2.24) is 20.1 Å². The lowest BCUT2D eigenvalue weighted by Gasteiger charge is -2.07. The van der Waals surface area contributed by atoms with Gasteiger partial charge in [-0.1, -0.05) is 41.6 Å². The van der Waals surface area contributed by atoms with Crippen LogP contribution in [0, 0.1) is 0 Å². The summed E-state index contributed by atoms with van der Waals surface area (Å²) in [6.07, 6.45) is 0. The first-order chi connectivity index (χ1) is 14.8. The number of hydrogen-bond acceptors (Lipinski definition) is 6. The number of rotatable bonds is 8. The molecule has 0 saturated carbocycles. The van der Waals surface area contributed by atoms with Crippen LogP contribution in [0.25, 0.3) is 0 Å². The summed E-state index contributed by atoms with van der Waals surface area (Å²) >= 11 is 7.13. The van der Waals surface area contributed by atoms with Gasteiger partial charge in [0.1, 0.15) is 0 Å². The van der Waals surface area contributed by atoms with Gasteiger partial charge in [0, 0.05) is 28.9 Å². The molecule has 160 valence electrons. The van der Waals surface area contributed by atoms with E-state index in [0.29, 0.717) is 32.8 Å². The summed E-state index contributed by atoms with van der Waals surface area (Å²) in [4.78, 5) is 35.9. The first-order valence-corrected chi connectivity index (χ1v) is 10.7. The summed E-state index contributed by atoms with van der Waals surface area (Å²) in [5, 5.41) is 14.7. The number of amides is 2. The molecule has 0 radical (unpaired) electrons. The molecule has 1 aromatic heterocycles. The number of nitrogens with one attached hydrogen (secondary N) is 2.